The van der Waals surface area contributed by atoms with Crippen molar-refractivity contribution in [2.45, 2.75) is 39.4 Å². The molecule has 4 rings (SSSR count). The number of anilines is 1. The van der Waals surface area contributed by atoms with Crippen LogP contribution in [0.25, 0.3) is 20.7 Å². The first-order valence-electron chi connectivity index (χ1n) is 10.5. The van der Waals surface area contributed by atoms with E-state index in [4.69, 9.17) is 17.3 Å². The lowest BCUT2D eigenvalue weighted by atomic mass is 10.1. The number of rotatable bonds is 7. The molecule has 4 aromatic rings. The number of aromatic nitrogens is 3. The Bertz CT molecular complexity index is 1530. The van der Waals surface area contributed by atoms with E-state index in [0.29, 0.717) is 10.4 Å². The fourth-order valence-electron chi connectivity index (χ4n) is 3.63. The summed E-state index contributed by atoms with van der Waals surface area (Å²) < 4.78 is 67.3. The standard InChI is InChI=1S/C22H17ClF5N5O2S2/c1-8-3-4-12(36-8)10-7-11(19(24)25)30-21-14(10)16(17(37-21)20(29)35)31-13(34)5-6-33-9(2)15(23)18(32-33)22(26,27)28/h3-4,7,19H,5-6H2,1-2H3,(H2,29,35)(H,31,34). The van der Waals surface area contributed by atoms with E-state index in [1.807, 2.05) is 6.92 Å². The Balaban J connectivity index is 1.72. The number of thiophene rings is 2. The van der Waals surface area contributed by atoms with E-state index in [1.54, 1.807) is 12.1 Å². The maximum absolute atomic E-state index is 13.6. The van der Waals surface area contributed by atoms with Crippen molar-refractivity contribution in [3.8, 4) is 10.4 Å². The van der Waals surface area contributed by atoms with E-state index in [-0.39, 0.29) is 39.4 Å². The Morgan fingerprint density at radius 3 is 2.46 bits per heavy atom. The van der Waals surface area contributed by atoms with Gasteiger partial charge in [0.05, 0.1) is 22.9 Å². The lowest BCUT2D eigenvalue weighted by molar-refractivity contribution is -0.141. The number of hydrogen-bond donors (Lipinski definition) is 2. The number of carbonyl (C=O) groups is 2. The quantitative estimate of drug-likeness (QED) is 0.242. The first-order valence-corrected chi connectivity index (χ1v) is 12.5. The molecule has 3 N–H and O–H groups in total. The molecule has 0 aliphatic rings. The van der Waals surface area contributed by atoms with Crippen LogP contribution in [0, 0.1) is 13.8 Å². The van der Waals surface area contributed by atoms with Crippen LogP contribution in [0.1, 0.15) is 44.5 Å². The topological polar surface area (TPSA) is 103 Å². The molecule has 0 atom stereocenters. The number of halogens is 6. The number of hydrogen-bond acceptors (Lipinski definition) is 6. The van der Waals surface area contributed by atoms with Crippen LogP contribution in [0.5, 0.6) is 0 Å². The van der Waals surface area contributed by atoms with Gasteiger partial charge in [0.1, 0.15) is 15.4 Å². The summed E-state index contributed by atoms with van der Waals surface area (Å²) in [6.45, 7) is 2.92. The largest absolute Gasteiger partial charge is 0.436 e. The molecular formula is C22H17ClF5N5O2S2. The van der Waals surface area contributed by atoms with Gasteiger partial charge in [-0.05, 0) is 32.0 Å². The van der Waals surface area contributed by atoms with Gasteiger partial charge in [-0.25, -0.2) is 13.8 Å². The molecule has 2 amide bonds. The summed E-state index contributed by atoms with van der Waals surface area (Å²) in [4.78, 5) is 30.5. The Morgan fingerprint density at radius 1 is 1.22 bits per heavy atom. The third-order valence-corrected chi connectivity index (χ3v) is 7.94. The summed E-state index contributed by atoms with van der Waals surface area (Å²) in [6.07, 6.45) is -7.98. The third-order valence-electron chi connectivity index (χ3n) is 5.35. The van der Waals surface area contributed by atoms with E-state index in [2.05, 4.69) is 15.4 Å². The summed E-state index contributed by atoms with van der Waals surface area (Å²) in [7, 11) is 0. The Kier molecular flexibility index (Phi) is 7.27. The summed E-state index contributed by atoms with van der Waals surface area (Å²) >= 11 is 7.83. The monoisotopic (exact) mass is 577 g/mol. The minimum atomic E-state index is -4.76. The fourth-order valence-corrected chi connectivity index (χ4v) is 5.77. The second-order valence-corrected chi connectivity index (χ2v) is 10.6. The van der Waals surface area contributed by atoms with Crippen molar-refractivity contribution in [3.63, 3.8) is 0 Å². The SMILES string of the molecule is Cc1ccc(-c2cc(C(F)F)nc3sc(C(N)=O)c(NC(=O)CCn4nc(C(F)(F)F)c(Cl)c4C)c23)s1. The van der Waals surface area contributed by atoms with Crippen molar-refractivity contribution >= 4 is 62.0 Å². The first kappa shape index (κ1) is 26.9. The normalized spacial score (nSPS) is 12.0. The highest BCUT2D eigenvalue weighted by atomic mass is 35.5. The number of amides is 2. The predicted molar refractivity (Wildman–Crippen MR) is 131 cm³/mol. The number of carbonyl (C=O) groups excluding carboxylic acids is 2. The highest BCUT2D eigenvalue weighted by Gasteiger charge is 2.38. The van der Waals surface area contributed by atoms with Gasteiger partial charge in [0.2, 0.25) is 5.91 Å². The number of nitrogens with one attached hydrogen (secondary N) is 1. The number of alkyl halides is 5. The third kappa shape index (κ3) is 5.31. The number of nitrogens with zero attached hydrogens (tertiary/aromatic N) is 3. The zero-order chi connectivity index (χ0) is 27.2. The molecule has 0 radical (unpaired) electrons. The summed E-state index contributed by atoms with van der Waals surface area (Å²) in [6, 6.07) is 4.71. The first-order chi connectivity index (χ1) is 17.3. The van der Waals surface area contributed by atoms with Crippen LogP contribution in [0.3, 0.4) is 0 Å². The molecule has 15 heteroatoms. The maximum Gasteiger partial charge on any atom is 0.436 e. The van der Waals surface area contributed by atoms with Crippen LogP contribution in [0.4, 0.5) is 27.6 Å². The maximum atomic E-state index is 13.6. The van der Waals surface area contributed by atoms with E-state index in [0.717, 1.165) is 20.9 Å². The van der Waals surface area contributed by atoms with Crippen molar-refractivity contribution < 1.29 is 31.5 Å². The molecule has 0 saturated heterocycles. The van der Waals surface area contributed by atoms with Gasteiger partial charge in [0, 0.05) is 27.1 Å². The highest BCUT2D eigenvalue weighted by molar-refractivity contribution is 7.21. The number of primary amides is 1. The highest BCUT2D eigenvalue weighted by Crippen LogP contribution is 2.44. The average molecular weight is 578 g/mol. The molecule has 0 aliphatic carbocycles. The Morgan fingerprint density at radius 2 is 1.92 bits per heavy atom. The van der Waals surface area contributed by atoms with Gasteiger partial charge in [-0.2, -0.15) is 18.3 Å². The van der Waals surface area contributed by atoms with Crippen LogP contribution < -0.4 is 11.1 Å². The minimum Gasteiger partial charge on any atom is -0.365 e. The molecule has 0 saturated carbocycles. The minimum absolute atomic E-state index is 0.00179. The molecule has 0 aliphatic heterocycles. The molecule has 4 heterocycles. The second-order valence-electron chi connectivity index (χ2n) is 7.92. The van der Waals surface area contributed by atoms with E-state index in [9.17, 15) is 31.5 Å². The van der Waals surface area contributed by atoms with Gasteiger partial charge in [-0.3, -0.25) is 14.3 Å². The summed E-state index contributed by atoms with van der Waals surface area (Å²) in [5, 5.41) is 5.72. The van der Waals surface area contributed by atoms with Gasteiger partial charge in [0.25, 0.3) is 12.3 Å². The van der Waals surface area contributed by atoms with Gasteiger partial charge in [-0.1, -0.05) is 11.6 Å². The van der Waals surface area contributed by atoms with Crippen molar-refractivity contribution in [1.29, 1.82) is 0 Å². The van der Waals surface area contributed by atoms with E-state index >= 15 is 0 Å². The molecule has 0 unspecified atom stereocenters. The molecule has 0 aromatic carbocycles. The van der Waals surface area contributed by atoms with Crippen molar-refractivity contribution in [3.05, 3.63) is 50.1 Å². The van der Waals surface area contributed by atoms with E-state index in [1.165, 1.54) is 24.3 Å². The molecule has 37 heavy (non-hydrogen) atoms. The van der Waals surface area contributed by atoms with Crippen LogP contribution in [-0.4, -0.2) is 26.6 Å². The number of nitrogens with two attached hydrogens (primary N) is 1. The van der Waals surface area contributed by atoms with Crippen molar-refractivity contribution in [2.24, 2.45) is 5.73 Å². The molecule has 4 aromatic heterocycles. The van der Waals surface area contributed by atoms with Crippen molar-refractivity contribution in [1.82, 2.24) is 14.8 Å². The zero-order valence-corrected chi connectivity index (χ0v) is 21.4. The Hall–Kier alpha value is -3.10. The van der Waals surface area contributed by atoms with E-state index < -0.39 is 40.8 Å². The second kappa shape index (κ2) is 9.99. The zero-order valence-electron chi connectivity index (χ0n) is 19.0. The lowest BCUT2D eigenvalue weighted by Gasteiger charge is -2.10. The molecular weight excluding hydrogens is 561 g/mol. The van der Waals surface area contributed by atoms with Crippen LogP contribution in [0.15, 0.2) is 18.2 Å². The van der Waals surface area contributed by atoms with Gasteiger partial charge in [0.15, 0.2) is 5.69 Å². The summed E-state index contributed by atoms with van der Waals surface area (Å²) in [5.74, 6) is -1.58. The van der Waals surface area contributed by atoms with Crippen LogP contribution in [-0.2, 0) is 17.5 Å². The molecule has 196 valence electrons. The molecule has 0 fully saturated rings. The molecule has 0 bridgehead atoms. The van der Waals surface area contributed by atoms with Gasteiger partial charge in [-0.15, -0.1) is 22.7 Å². The lowest BCUT2D eigenvalue weighted by Crippen LogP contribution is -2.19. The molecule has 0 spiro atoms. The summed E-state index contributed by atoms with van der Waals surface area (Å²) in [5.41, 5.74) is 4.10. The molecule has 7 nitrogen and oxygen atoms in total. The smallest absolute Gasteiger partial charge is 0.365 e. The van der Waals surface area contributed by atoms with Gasteiger partial charge < -0.3 is 11.1 Å². The number of pyridine rings is 1. The fraction of sp³-hybridized carbons (Fsp3) is 0.273. The number of fused-ring (bicyclic) bond motifs is 1. The Labute approximate surface area is 219 Å². The predicted octanol–water partition coefficient (Wildman–Crippen LogP) is 6.58. The van der Waals surface area contributed by atoms with Gasteiger partial charge >= 0.3 is 6.18 Å². The van der Waals surface area contributed by atoms with Crippen LogP contribution >= 0.6 is 34.3 Å². The number of aryl methyl sites for hydroxylation is 2. The van der Waals surface area contributed by atoms with Crippen molar-refractivity contribution in [2.75, 3.05) is 5.32 Å². The average Bonchev–Trinajstić information content (AvgIpc) is 3.48. The van der Waals surface area contributed by atoms with Crippen LogP contribution in [0.2, 0.25) is 5.02 Å².